The summed E-state index contributed by atoms with van der Waals surface area (Å²) < 4.78 is 5.45. The second-order valence-electron chi connectivity index (χ2n) is 2.92. The van der Waals surface area contributed by atoms with Gasteiger partial charge in [-0.3, -0.25) is 4.99 Å². The Hall–Kier alpha value is -1.57. The maximum atomic E-state index is 5.45. The molecule has 2 heteroatoms. The lowest BCUT2D eigenvalue weighted by molar-refractivity contribution is 0.362. The minimum atomic E-state index is 0.556. The molecule has 0 aromatic heterocycles. The van der Waals surface area contributed by atoms with Crippen LogP contribution in [-0.4, -0.2) is 12.8 Å². The van der Waals surface area contributed by atoms with E-state index in [9.17, 15) is 0 Å². The van der Waals surface area contributed by atoms with Crippen LogP contribution in [0.3, 0.4) is 0 Å². The van der Waals surface area contributed by atoms with E-state index in [4.69, 9.17) is 4.74 Å². The number of aliphatic imine (C=N–C) groups is 1. The summed E-state index contributed by atoms with van der Waals surface area (Å²) >= 11 is 0. The second kappa shape index (κ2) is 5.97. The molecule has 0 fully saturated rings. The Morgan fingerprint density at radius 2 is 2.00 bits per heavy atom. The van der Waals surface area contributed by atoms with Gasteiger partial charge in [0.15, 0.2) is 0 Å². The summed E-state index contributed by atoms with van der Waals surface area (Å²) in [6.07, 6.45) is 5.34. The minimum absolute atomic E-state index is 0.556. The van der Waals surface area contributed by atoms with Gasteiger partial charge in [-0.1, -0.05) is 17.7 Å². The molecular weight excluding hydrogens is 174 g/mol. The number of nitrogens with zero attached hydrogens (tertiary/aromatic N) is 1. The largest absolute Gasteiger partial charge is 0.489 e. The van der Waals surface area contributed by atoms with Crippen LogP contribution >= 0.6 is 0 Å². The van der Waals surface area contributed by atoms with Crippen LogP contribution in [0.5, 0.6) is 5.75 Å². The number of hydrogen-bond donors (Lipinski definition) is 0. The van der Waals surface area contributed by atoms with Gasteiger partial charge in [-0.2, -0.15) is 0 Å². The van der Waals surface area contributed by atoms with E-state index in [-0.39, 0.29) is 0 Å². The van der Waals surface area contributed by atoms with Gasteiger partial charge in [0.2, 0.25) is 0 Å². The first-order valence-corrected chi connectivity index (χ1v) is 4.65. The van der Waals surface area contributed by atoms with Crippen molar-refractivity contribution in [2.75, 3.05) is 6.61 Å². The topological polar surface area (TPSA) is 21.6 Å². The van der Waals surface area contributed by atoms with Gasteiger partial charge >= 0.3 is 0 Å². The Labute approximate surface area is 84.9 Å². The summed E-state index contributed by atoms with van der Waals surface area (Å²) in [7, 11) is 0. The second-order valence-corrected chi connectivity index (χ2v) is 2.92. The average Bonchev–Trinajstić information content (AvgIpc) is 2.21. The van der Waals surface area contributed by atoms with Crippen LogP contribution in [0.25, 0.3) is 0 Å². The normalized spacial score (nSPS) is 11.3. The first-order valence-electron chi connectivity index (χ1n) is 4.65. The van der Waals surface area contributed by atoms with Crippen molar-refractivity contribution in [2.24, 2.45) is 4.99 Å². The van der Waals surface area contributed by atoms with E-state index in [0.29, 0.717) is 6.61 Å². The molecule has 0 atom stereocenters. The van der Waals surface area contributed by atoms with E-state index in [0.717, 1.165) is 5.75 Å². The molecular formula is C12H15NO. The van der Waals surface area contributed by atoms with Crippen molar-refractivity contribution in [3.63, 3.8) is 0 Å². The molecule has 0 aliphatic heterocycles. The van der Waals surface area contributed by atoms with Gasteiger partial charge in [0.25, 0.3) is 0 Å². The summed E-state index contributed by atoms with van der Waals surface area (Å²) in [5, 5.41) is 0. The molecule has 0 bridgehead atoms. The van der Waals surface area contributed by atoms with Gasteiger partial charge < -0.3 is 4.74 Å². The summed E-state index contributed by atoms with van der Waals surface area (Å²) in [6.45, 7) is 4.49. The highest BCUT2D eigenvalue weighted by Crippen LogP contribution is 2.10. The van der Waals surface area contributed by atoms with Gasteiger partial charge in [-0.05, 0) is 32.1 Å². The number of aryl methyl sites for hydroxylation is 1. The number of rotatable bonds is 4. The SMILES string of the molecule is CC=N/C=C\COc1ccc(C)cc1. The third-order valence-electron chi connectivity index (χ3n) is 1.71. The predicted octanol–water partition coefficient (Wildman–Crippen LogP) is 2.98. The lowest BCUT2D eigenvalue weighted by Crippen LogP contribution is -1.92. The van der Waals surface area contributed by atoms with Gasteiger partial charge in [0, 0.05) is 12.4 Å². The number of ether oxygens (including phenoxy) is 1. The summed E-state index contributed by atoms with van der Waals surface area (Å²) in [5.41, 5.74) is 1.24. The van der Waals surface area contributed by atoms with Crippen molar-refractivity contribution < 1.29 is 4.74 Å². The smallest absolute Gasteiger partial charge is 0.119 e. The van der Waals surface area contributed by atoms with Crippen molar-refractivity contribution in [1.29, 1.82) is 0 Å². The van der Waals surface area contributed by atoms with Gasteiger partial charge in [-0.25, -0.2) is 0 Å². The predicted molar refractivity (Wildman–Crippen MR) is 60.0 cm³/mol. The van der Waals surface area contributed by atoms with Crippen molar-refractivity contribution in [3.8, 4) is 5.75 Å². The fourth-order valence-electron chi connectivity index (χ4n) is 0.969. The summed E-state index contributed by atoms with van der Waals surface area (Å²) in [5.74, 6) is 0.890. The molecule has 0 spiro atoms. The fraction of sp³-hybridized carbons (Fsp3) is 0.250. The van der Waals surface area contributed by atoms with E-state index in [1.54, 1.807) is 12.4 Å². The zero-order chi connectivity index (χ0) is 10.2. The highest BCUT2D eigenvalue weighted by Gasteiger charge is 1.89. The molecule has 0 heterocycles. The first kappa shape index (κ1) is 10.5. The van der Waals surface area contributed by atoms with E-state index >= 15 is 0 Å². The van der Waals surface area contributed by atoms with Crippen LogP contribution in [-0.2, 0) is 0 Å². The third-order valence-corrected chi connectivity index (χ3v) is 1.71. The molecule has 1 aromatic rings. The van der Waals surface area contributed by atoms with Crippen molar-refractivity contribution in [2.45, 2.75) is 13.8 Å². The molecule has 0 radical (unpaired) electrons. The van der Waals surface area contributed by atoms with Gasteiger partial charge in [0.05, 0.1) is 0 Å². The summed E-state index contributed by atoms with van der Waals surface area (Å²) in [4.78, 5) is 3.93. The molecule has 0 N–H and O–H groups in total. The molecule has 0 saturated heterocycles. The zero-order valence-corrected chi connectivity index (χ0v) is 8.60. The molecule has 2 nitrogen and oxygen atoms in total. The van der Waals surface area contributed by atoms with Gasteiger partial charge in [-0.15, -0.1) is 0 Å². The van der Waals surface area contributed by atoms with Crippen LogP contribution in [0.4, 0.5) is 0 Å². The Balaban J connectivity index is 2.35. The van der Waals surface area contributed by atoms with Crippen LogP contribution in [0.15, 0.2) is 41.5 Å². The standard InChI is InChI=1S/C12H15NO/c1-3-13-9-4-10-14-12-7-5-11(2)6-8-12/h3-9H,10H2,1-2H3/b9-4-,13-3?. The zero-order valence-electron chi connectivity index (χ0n) is 8.60. The molecule has 0 amide bonds. The molecule has 0 unspecified atom stereocenters. The van der Waals surface area contributed by atoms with Crippen molar-refractivity contribution >= 4 is 6.21 Å². The molecule has 1 aromatic carbocycles. The molecule has 0 aliphatic carbocycles. The Morgan fingerprint density at radius 3 is 2.64 bits per heavy atom. The fourth-order valence-corrected chi connectivity index (χ4v) is 0.969. The summed E-state index contributed by atoms with van der Waals surface area (Å²) in [6, 6.07) is 7.99. The monoisotopic (exact) mass is 189 g/mol. The van der Waals surface area contributed by atoms with Crippen LogP contribution in [0, 0.1) is 6.92 Å². The Morgan fingerprint density at radius 1 is 1.29 bits per heavy atom. The molecule has 0 aliphatic rings. The highest BCUT2D eigenvalue weighted by molar-refractivity contribution is 5.54. The third kappa shape index (κ3) is 3.90. The average molecular weight is 189 g/mol. The van der Waals surface area contributed by atoms with E-state index in [1.807, 2.05) is 37.3 Å². The lowest BCUT2D eigenvalue weighted by atomic mass is 10.2. The minimum Gasteiger partial charge on any atom is -0.489 e. The molecule has 74 valence electrons. The van der Waals surface area contributed by atoms with E-state index in [1.165, 1.54) is 5.56 Å². The number of benzene rings is 1. The van der Waals surface area contributed by atoms with Crippen LogP contribution in [0.2, 0.25) is 0 Å². The lowest BCUT2D eigenvalue weighted by Gasteiger charge is -2.02. The molecule has 1 rings (SSSR count). The number of hydrogen-bond acceptors (Lipinski definition) is 2. The first-order chi connectivity index (χ1) is 6.83. The van der Waals surface area contributed by atoms with Gasteiger partial charge in [0.1, 0.15) is 12.4 Å². The van der Waals surface area contributed by atoms with E-state index < -0.39 is 0 Å². The quantitative estimate of drug-likeness (QED) is 0.667. The van der Waals surface area contributed by atoms with Crippen molar-refractivity contribution in [1.82, 2.24) is 0 Å². The van der Waals surface area contributed by atoms with Crippen molar-refractivity contribution in [3.05, 3.63) is 42.1 Å². The Bertz CT molecular complexity index is 312. The van der Waals surface area contributed by atoms with E-state index in [2.05, 4.69) is 11.9 Å². The van der Waals surface area contributed by atoms with Crippen LogP contribution in [0.1, 0.15) is 12.5 Å². The maximum Gasteiger partial charge on any atom is 0.119 e. The maximum absolute atomic E-state index is 5.45. The van der Waals surface area contributed by atoms with Crippen LogP contribution < -0.4 is 4.74 Å². The molecule has 0 saturated carbocycles. The molecule has 14 heavy (non-hydrogen) atoms. The Kier molecular flexibility index (Phi) is 4.48. The highest BCUT2D eigenvalue weighted by atomic mass is 16.5.